The third kappa shape index (κ3) is 4.35. The Balaban J connectivity index is 2.89. The van der Waals surface area contributed by atoms with Crippen LogP contribution in [0.1, 0.15) is 39.5 Å². The molecule has 1 aromatic carbocycles. The van der Waals surface area contributed by atoms with Gasteiger partial charge < -0.3 is 4.90 Å². The fraction of sp³-hybridized carbons (Fsp3) is 0.500. The van der Waals surface area contributed by atoms with Crippen molar-refractivity contribution in [1.82, 2.24) is 0 Å². The van der Waals surface area contributed by atoms with Gasteiger partial charge in [-0.15, -0.1) is 0 Å². The molecule has 0 aliphatic rings. The Bertz CT molecular complexity index is 429. The average molecular weight is 264 g/mol. The van der Waals surface area contributed by atoms with Gasteiger partial charge in [0.05, 0.1) is 4.92 Å². The fourth-order valence-corrected chi connectivity index (χ4v) is 1.82. The maximum absolute atomic E-state index is 12.1. The number of non-ortho nitro benzene ring substituents is 1. The van der Waals surface area contributed by atoms with Gasteiger partial charge in [-0.3, -0.25) is 14.9 Å². The number of benzene rings is 1. The van der Waals surface area contributed by atoms with E-state index < -0.39 is 4.92 Å². The molecule has 0 saturated heterocycles. The van der Waals surface area contributed by atoms with E-state index >= 15 is 0 Å². The van der Waals surface area contributed by atoms with Crippen molar-refractivity contribution in [2.75, 3.05) is 11.4 Å². The van der Waals surface area contributed by atoms with E-state index in [2.05, 4.69) is 6.92 Å². The van der Waals surface area contributed by atoms with Gasteiger partial charge in [-0.05, 0) is 25.0 Å². The van der Waals surface area contributed by atoms with Crippen LogP contribution in [-0.4, -0.2) is 17.4 Å². The Morgan fingerprint density at radius 3 is 2.32 bits per heavy atom. The number of amides is 1. The Kier molecular flexibility index (Phi) is 5.99. The Labute approximate surface area is 113 Å². The number of rotatable bonds is 7. The molecular weight excluding hydrogens is 244 g/mol. The van der Waals surface area contributed by atoms with E-state index in [9.17, 15) is 14.9 Å². The molecular formula is C14H20N2O3. The number of unbranched alkanes of at least 4 members (excludes halogenated alkanes) is 1. The second kappa shape index (κ2) is 7.51. The summed E-state index contributed by atoms with van der Waals surface area (Å²) in [5.41, 5.74) is 0.777. The van der Waals surface area contributed by atoms with Crippen LogP contribution in [0.25, 0.3) is 0 Å². The van der Waals surface area contributed by atoms with Crippen molar-refractivity contribution in [3.63, 3.8) is 0 Å². The first-order chi connectivity index (χ1) is 9.10. The highest BCUT2D eigenvalue weighted by molar-refractivity contribution is 5.93. The summed E-state index contributed by atoms with van der Waals surface area (Å²) in [6.07, 6.45) is 3.23. The van der Waals surface area contributed by atoms with E-state index in [1.165, 1.54) is 12.1 Å². The highest BCUT2D eigenvalue weighted by Gasteiger charge is 2.15. The molecule has 0 atom stereocenters. The molecule has 1 rings (SSSR count). The van der Waals surface area contributed by atoms with Gasteiger partial charge in [0.1, 0.15) is 0 Å². The first-order valence-corrected chi connectivity index (χ1v) is 6.65. The Morgan fingerprint density at radius 1 is 1.21 bits per heavy atom. The number of hydrogen-bond donors (Lipinski definition) is 0. The number of carbonyl (C=O) groups is 1. The van der Waals surface area contributed by atoms with Gasteiger partial charge in [-0.2, -0.15) is 0 Å². The summed E-state index contributed by atoms with van der Waals surface area (Å²) in [5, 5.41) is 10.6. The largest absolute Gasteiger partial charge is 0.312 e. The fourth-order valence-electron chi connectivity index (χ4n) is 1.82. The minimum Gasteiger partial charge on any atom is -0.312 e. The van der Waals surface area contributed by atoms with E-state index in [0.29, 0.717) is 13.0 Å². The average Bonchev–Trinajstić information content (AvgIpc) is 2.40. The smallest absolute Gasteiger partial charge is 0.269 e. The van der Waals surface area contributed by atoms with E-state index in [1.807, 2.05) is 6.92 Å². The lowest BCUT2D eigenvalue weighted by Crippen LogP contribution is -2.31. The molecule has 0 radical (unpaired) electrons. The molecule has 1 aromatic rings. The topological polar surface area (TPSA) is 63.5 Å². The van der Waals surface area contributed by atoms with Crippen molar-refractivity contribution in [3.05, 3.63) is 34.4 Å². The highest BCUT2D eigenvalue weighted by atomic mass is 16.6. The molecule has 19 heavy (non-hydrogen) atoms. The lowest BCUT2D eigenvalue weighted by Gasteiger charge is -2.22. The molecule has 0 aliphatic carbocycles. The van der Waals surface area contributed by atoms with E-state index in [-0.39, 0.29) is 11.6 Å². The van der Waals surface area contributed by atoms with Crippen LogP contribution < -0.4 is 4.90 Å². The minimum absolute atomic E-state index is 0.0436. The number of nitrogens with zero attached hydrogens (tertiary/aromatic N) is 2. The lowest BCUT2D eigenvalue weighted by molar-refractivity contribution is -0.384. The molecule has 0 saturated carbocycles. The van der Waals surface area contributed by atoms with Crippen LogP contribution >= 0.6 is 0 Å². The molecule has 0 spiro atoms. The number of nitro groups is 1. The summed E-state index contributed by atoms with van der Waals surface area (Å²) < 4.78 is 0. The minimum atomic E-state index is -0.436. The van der Waals surface area contributed by atoms with Crippen LogP contribution in [0.2, 0.25) is 0 Å². The summed E-state index contributed by atoms with van der Waals surface area (Å²) >= 11 is 0. The Hall–Kier alpha value is -1.91. The molecule has 5 nitrogen and oxygen atoms in total. The Morgan fingerprint density at radius 2 is 1.84 bits per heavy atom. The van der Waals surface area contributed by atoms with Crippen molar-refractivity contribution in [2.24, 2.45) is 0 Å². The van der Waals surface area contributed by atoms with Gasteiger partial charge in [-0.1, -0.05) is 20.3 Å². The number of anilines is 1. The maximum atomic E-state index is 12.1. The van der Waals surface area contributed by atoms with Crippen LogP contribution in [0.15, 0.2) is 24.3 Å². The molecule has 0 bridgehead atoms. The molecule has 1 amide bonds. The van der Waals surface area contributed by atoms with Gasteiger partial charge >= 0.3 is 0 Å². The van der Waals surface area contributed by atoms with Gasteiger partial charge in [0, 0.05) is 30.8 Å². The summed E-state index contributed by atoms with van der Waals surface area (Å²) in [4.78, 5) is 24.0. The van der Waals surface area contributed by atoms with Gasteiger partial charge in [0.25, 0.3) is 5.69 Å². The molecule has 0 aromatic heterocycles. The summed E-state index contributed by atoms with van der Waals surface area (Å²) in [7, 11) is 0. The molecule has 0 unspecified atom stereocenters. The van der Waals surface area contributed by atoms with Crippen molar-refractivity contribution in [1.29, 1.82) is 0 Å². The molecule has 0 N–H and O–H groups in total. The van der Waals surface area contributed by atoms with E-state index in [1.54, 1.807) is 17.0 Å². The highest BCUT2D eigenvalue weighted by Crippen LogP contribution is 2.20. The zero-order valence-corrected chi connectivity index (χ0v) is 11.5. The first kappa shape index (κ1) is 15.1. The van der Waals surface area contributed by atoms with Crippen LogP contribution in [-0.2, 0) is 4.79 Å². The van der Waals surface area contributed by atoms with Crippen molar-refractivity contribution >= 4 is 17.3 Å². The molecule has 104 valence electrons. The third-order valence-electron chi connectivity index (χ3n) is 2.87. The van der Waals surface area contributed by atoms with E-state index in [0.717, 1.165) is 24.9 Å². The first-order valence-electron chi connectivity index (χ1n) is 6.65. The van der Waals surface area contributed by atoms with Gasteiger partial charge in [-0.25, -0.2) is 0 Å². The van der Waals surface area contributed by atoms with Crippen molar-refractivity contribution in [3.8, 4) is 0 Å². The van der Waals surface area contributed by atoms with Crippen molar-refractivity contribution < 1.29 is 9.72 Å². The van der Waals surface area contributed by atoms with Gasteiger partial charge in [0.15, 0.2) is 0 Å². The van der Waals surface area contributed by atoms with Crippen LogP contribution in [0.4, 0.5) is 11.4 Å². The predicted octanol–water partition coefficient (Wildman–Crippen LogP) is 3.53. The standard InChI is InChI=1S/C14H20N2O3/c1-3-5-11-15(14(17)6-4-2)12-7-9-13(10-8-12)16(18)19/h7-10H,3-6,11H2,1-2H3. The molecule has 0 heterocycles. The lowest BCUT2D eigenvalue weighted by atomic mass is 10.2. The van der Waals surface area contributed by atoms with Crippen molar-refractivity contribution in [2.45, 2.75) is 39.5 Å². The third-order valence-corrected chi connectivity index (χ3v) is 2.87. The zero-order chi connectivity index (χ0) is 14.3. The molecule has 0 fully saturated rings. The maximum Gasteiger partial charge on any atom is 0.269 e. The zero-order valence-electron chi connectivity index (χ0n) is 11.5. The van der Waals surface area contributed by atoms with E-state index in [4.69, 9.17) is 0 Å². The van der Waals surface area contributed by atoms with Crippen LogP contribution in [0.5, 0.6) is 0 Å². The summed E-state index contributed by atoms with van der Waals surface area (Å²) in [5.74, 6) is 0.0739. The number of carbonyl (C=O) groups excluding carboxylic acids is 1. The predicted molar refractivity (Wildman–Crippen MR) is 75.3 cm³/mol. The number of hydrogen-bond acceptors (Lipinski definition) is 3. The molecule has 5 heteroatoms. The summed E-state index contributed by atoms with van der Waals surface area (Å²) in [6.45, 7) is 4.69. The SMILES string of the molecule is CCCCN(C(=O)CCC)c1ccc([N+](=O)[O-])cc1. The monoisotopic (exact) mass is 264 g/mol. The van der Waals surface area contributed by atoms with Crippen LogP contribution in [0, 0.1) is 10.1 Å². The van der Waals surface area contributed by atoms with Gasteiger partial charge in [0.2, 0.25) is 5.91 Å². The second-order valence-corrected chi connectivity index (χ2v) is 4.42. The second-order valence-electron chi connectivity index (χ2n) is 4.42. The molecule has 0 aliphatic heterocycles. The normalized spacial score (nSPS) is 10.2. The van der Waals surface area contributed by atoms with Crippen LogP contribution in [0.3, 0.4) is 0 Å². The quantitative estimate of drug-likeness (QED) is 0.559. The number of nitro benzene ring substituents is 1. The summed E-state index contributed by atoms with van der Waals surface area (Å²) in [6, 6.07) is 6.16.